The average Bonchev–Trinajstić information content (AvgIpc) is 2.51. The molecule has 0 saturated heterocycles. The Kier molecular flexibility index (Phi) is 4.39. The molecule has 1 unspecified atom stereocenters. The van der Waals surface area contributed by atoms with Crippen LogP contribution in [0.4, 0.5) is 5.82 Å². The highest BCUT2D eigenvalue weighted by Crippen LogP contribution is 2.36. The summed E-state index contributed by atoms with van der Waals surface area (Å²) in [7, 11) is 0. The molecule has 21 heavy (non-hydrogen) atoms. The predicted molar refractivity (Wildman–Crippen MR) is 88.8 cm³/mol. The van der Waals surface area contributed by atoms with E-state index in [0.717, 1.165) is 39.6 Å². The Balaban J connectivity index is 1.91. The van der Waals surface area contributed by atoms with Crippen LogP contribution in [0.3, 0.4) is 0 Å². The van der Waals surface area contributed by atoms with E-state index in [2.05, 4.69) is 24.1 Å². The molecule has 0 aliphatic carbocycles. The van der Waals surface area contributed by atoms with Crippen LogP contribution in [-0.2, 0) is 0 Å². The third-order valence-electron chi connectivity index (χ3n) is 3.38. The molecule has 112 valence electrons. The molecule has 0 radical (unpaired) electrons. The summed E-state index contributed by atoms with van der Waals surface area (Å²) in [6.07, 6.45) is 1.83. The summed E-state index contributed by atoms with van der Waals surface area (Å²) in [5.74, 6) is 4.74. The maximum Gasteiger partial charge on any atom is 0.162 e. The summed E-state index contributed by atoms with van der Waals surface area (Å²) in [6, 6.07) is 6.44. The van der Waals surface area contributed by atoms with Crippen LogP contribution in [0.25, 0.3) is 10.8 Å². The van der Waals surface area contributed by atoms with Crippen LogP contribution in [-0.4, -0.2) is 35.7 Å². The van der Waals surface area contributed by atoms with Crippen molar-refractivity contribution in [3.63, 3.8) is 0 Å². The minimum atomic E-state index is 0.376. The van der Waals surface area contributed by atoms with Gasteiger partial charge in [-0.05, 0) is 36.3 Å². The van der Waals surface area contributed by atoms with E-state index in [1.807, 2.05) is 36.2 Å². The van der Waals surface area contributed by atoms with Crippen LogP contribution in [0, 0.1) is 0 Å². The zero-order chi connectivity index (χ0) is 14.7. The van der Waals surface area contributed by atoms with E-state index in [1.165, 1.54) is 0 Å². The van der Waals surface area contributed by atoms with Gasteiger partial charge in [-0.3, -0.25) is 0 Å². The lowest BCUT2D eigenvalue weighted by atomic mass is 10.1. The molecule has 1 N–H and O–H groups in total. The SMILES string of the molecule is CCSCC(C)Nc1nccc2cc3c(cc12)OCCO3. The predicted octanol–water partition coefficient (Wildman–Crippen LogP) is 3.56. The number of anilines is 1. The molecule has 0 bridgehead atoms. The molecule has 2 heterocycles. The van der Waals surface area contributed by atoms with E-state index < -0.39 is 0 Å². The first-order valence-electron chi connectivity index (χ1n) is 7.30. The molecule has 0 amide bonds. The van der Waals surface area contributed by atoms with Gasteiger partial charge in [-0.1, -0.05) is 6.92 Å². The molecule has 1 aliphatic heterocycles. The van der Waals surface area contributed by atoms with E-state index in [-0.39, 0.29) is 0 Å². The van der Waals surface area contributed by atoms with Gasteiger partial charge in [0.25, 0.3) is 0 Å². The monoisotopic (exact) mass is 304 g/mol. The van der Waals surface area contributed by atoms with Gasteiger partial charge in [-0.15, -0.1) is 0 Å². The molecule has 0 fully saturated rings. The molecule has 1 aromatic carbocycles. The largest absolute Gasteiger partial charge is 0.486 e. The van der Waals surface area contributed by atoms with Crippen LogP contribution in [0.1, 0.15) is 13.8 Å². The third-order valence-corrected chi connectivity index (χ3v) is 4.53. The number of fused-ring (bicyclic) bond motifs is 2. The first kappa shape index (κ1) is 14.3. The van der Waals surface area contributed by atoms with E-state index in [0.29, 0.717) is 19.3 Å². The van der Waals surface area contributed by atoms with Gasteiger partial charge in [0.1, 0.15) is 19.0 Å². The molecule has 4 nitrogen and oxygen atoms in total. The third kappa shape index (κ3) is 3.18. The van der Waals surface area contributed by atoms with Crippen LogP contribution >= 0.6 is 11.8 Å². The fraction of sp³-hybridized carbons (Fsp3) is 0.438. The molecule has 2 aromatic rings. The van der Waals surface area contributed by atoms with Gasteiger partial charge < -0.3 is 14.8 Å². The number of pyridine rings is 1. The lowest BCUT2D eigenvalue weighted by Gasteiger charge is -2.20. The van der Waals surface area contributed by atoms with Gasteiger partial charge >= 0.3 is 0 Å². The highest BCUT2D eigenvalue weighted by molar-refractivity contribution is 7.99. The number of ether oxygens (including phenoxy) is 2. The summed E-state index contributed by atoms with van der Waals surface area (Å²) in [4.78, 5) is 4.49. The molecule has 1 atom stereocenters. The van der Waals surface area contributed by atoms with Crippen molar-refractivity contribution in [3.05, 3.63) is 24.4 Å². The van der Waals surface area contributed by atoms with Gasteiger partial charge in [0.05, 0.1) is 0 Å². The molecule has 1 aromatic heterocycles. The topological polar surface area (TPSA) is 43.4 Å². The first-order valence-corrected chi connectivity index (χ1v) is 8.46. The fourth-order valence-corrected chi connectivity index (χ4v) is 3.07. The molecular formula is C16H20N2O2S. The Morgan fingerprint density at radius 1 is 1.29 bits per heavy atom. The summed E-state index contributed by atoms with van der Waals surface area (Å²) < 4.78 is 11.3. The number of nitrogens with zero attached hydrogens (tertiary/aromatic N) is 1. The molecule has 3 rings (SSSR count). The zero-order valence-corrected chi connectivity index (χ0v) is 13.2. The lowest BCUT2D eigenvalue weighted by molar-refractivity contribution is 0.172. The van der Waals surface area contributed by atoms with Crippen LogP contribution in [0.5, 0.6) is 11.5 Å². The lowest BCUT2D eigenvalue weighted by Crippen LogP contribution is -2.19. The standard InChI is InChI=1S/C16H20N2O2S/c1-3-21-10-11(2)18-16-13-9-15-14(19-6-7-20-15)8-12(13)4-5-17-16/h4-5,8-9,11H,3,6-7,10H2,1-2H3,(H,17,18). The van der Waals surface area contributed by atoms with Crippen LogP contribution < -0.4 is 14.8 Å². The Morgan fingerprint density at radius 2 is 2.05 bits per heavy atom. The van der Waals surface area contributed by atoms with Crippen molar-refractivity contribution in [2.75, 3.05) is 30.0 Å². The van der Waals surface area contributed by atoms with E-state index in [1.54, 1.807) is 0 Å². The van der Waals surface area contributed by atoms with Crippen molar-refractivity contribution in [2.45, 2.75) is 19.9 Å². The maximum atomic E-state index is 5.67. The Hall–Kier alpha value is -1.62. The number of hydrogen-bond donors (Lipinski definition) is 1. The summed E-state index contributed by atoms with van der Waals surface area (Å²) in [6.45, 7) is 5.57. The second kappa shape index (κ2) is 6.43. The van der Waals surface area contributed by atoms with Crippen molar-refractivity contribution in [1.29, 1.82) is 0 Å². The quantitative estimate of drug-likeness (QED) is 0.915. The van der Waals surface area contributed by atoms with Crippen molar-refractivity contribution in [2.24, 2.45) is 0 Å². The van der Waals surface area contributed by atoms with Gasteiger partial charge in [-0.25, -0.2) is 4.98 Å². The van der Waals surface area contributed by atoms with E-state index in [4.69, 9.17) is 9.47 Å². The average molecular weight is 304 g/mol. The fourth-order valence-electron chi connectivity index (χ4n) is 2.39. The number of aromatic nitrogens is 1. The van der Waals surface area contributed by atoms with E-state index >= 15 is 0 Å². The number of rotatable bonds is 5. The molecule has 0 spiro atoms. The summed E-state index contributed by atoms with van der Waals surface area (Å²) in [5, 5.41) is 5.69. The van der Waals surface area contributed by atoms with Gasteiger partial charge in [-0.2, -0.15) is 11.8 Å². The maximum absolute atomic E-state index is 5.67. The van der Waals surface area contributed by atoms with Gasteiger partial charge in [0.2, 0.25) is 0 Å². The number of thioether (sulfide) groups is 1. The molecule has 0 saturated carbocycles. The van der Waals surface area contributed by atoms with Gasteiger partial charge in [0, 0.05) is 23.4 Å². The number of nitrogens with one attached hydrogen (secondary N) is 1. The van der Waals surface area contributed by atoms with Gasteiger partial charge in [0.15, 0.2) is 11.5 Å². The smallest absolute Gasteiger partial charge is 0.162 e. The van der Waals surface area contributed by atoms with Crippen molar-refractivity contribution in [1.82, 2.24) is 4.98 Å². The number of hydrogen-bond acceptors (Lipinski definition) is 5. The second-order valence-electron chi connectivity index (χ2n) is 5.08. The Morgan fingerprint density at radius 3 is 2.81 bits per heavy atom. The Bertz CT molecular complexity index is 633. The first-order chi connectivity index (χ1) is 10.3. The van der Waals surface area contributed by atoms with Crippen molar-refractivity contribution in [3.8, 4) is 11.5 Å². The highest BCUT2D eigenvalue weighted by Gasteiger charge is 2.15. The van der Waals surface area contributed by atoms with Crippen LogP contribution in [0.15, 0.2) is 24.4 Å². The molecular weight excluding hydrogens is 284 g/mol. The minimum Gasteiger partial charge on any atom is -0.486 e. The molecule has 1 aliphatic rings. The summed E-state index contributed by atoms with van der Waals surface area (Å²) >= 11 is 1.93. The zero-order valence-electron chi connectivity index (χ0n) is 12.4. The number of benzene rings is 1. The highest BCUT2D eigenvalue weighted by atomic mass is 32.2. The molecule has 5 heteroatoms. The minimum absolute atomic E-state index is 0.376. The van der Waals surface area contributed by atoms with Crippen molar-refractivity contribution >= 4 is 28.4 Å². The van der Waals surface area contributed by atoms with E-state index in [9.17, 15) is 0 Å². The summed E-state index contributed by atoms with van der Waals surface area (Å²) in [5.41, 5.74) is 0. The van der Waals surface area contributed by atoms with Crippen LogP contribution in [0.2, 0.25) is 0 Å². The van der Waals surface area contributed by atoms with Crippen molar-refractivity contribution < 1.29 is 9.47 Å². The normalized spacial score (nSPS) is 15.0. The second-order valence-corrected chi connectivity index (χ2v) is 6.40. The Labute approximate surface area is 129 Å².